The van der Waals surface area contributed by atoms with Gasteiger partial charge in [0.2, 0.25) is 0 Å². The third-order valence-corrected chi connectivity index (χ3v) is 4.33. The Morgan fingerprint density at radius 1 is 1.07 bits per heavy atom. The largest absolute Gasteiger partial charge is 0.458 e. The fourth-order valence-electron chi connectivity index (χ4n) is 2.43. The van der Waals surface area contributed by atoms with E-state index in [4.69, 9.17) is 32.7 Å². The number of carbonyl (C=O) groups excluding carboxylic acids is 2. The van der Waals surface area contributed by atoms with Crippen LogP contribution < -0.4 is 5.32 Å². The molecule has 1 amide bonds. The summed E-state index contributed by atoms with van der Waals surface area (Å²) in [5.41, 5.74) is -0.863. The summed E-state index contributed by atoms with van der Waals surface area (Å²) < 4.78 is 11.1. The Bertz CT molecular complexity index is 917. The van der Waals surface area contributed by atoms with E-state index in [0.29, 0.717) is 21.4 Å². The van der Waals surface area contributed by atoms with Crippen LogP contribution in [0, 0.1) is 0 Å². The molecule has 0 saturated carbocycles. The number of pyridine rings is 1. The Hall–Kier alpha value is -1.89. The second-order valence-corrected chi connectivity index (χ2v) is 9.41. The number of nitrogens with one attached hydrogen (secondary N) is 1. The van der Waals surface area contributed by atoms with Gasteiger partial charge in [-0.1, -0.05) is 29.3 Å². The zero-order chi connectivity index (χ0) is 22.0. The molecule has 1 N–H and O–H groups in total. The van der Waals surface area contributed by atoms with Gasteiger partial charge in [-0.3, -0.25) is 4.79 Å². The van der Waals surface area contributed by atoms with Crippen LogP contribution in [0.15, 0.2) is 24.4 Å². The molecule has 2 aromatic rings. The van der Waals surface area contributed by atoms with E-state index in [2.05, 4.69) is 10.3 Å². The lowest BCUT2D eigenvalue weighted by Gasteiger charge is -2.27. The molecule has 1 heterocycles. The van der Waals surface area contributed by atoms with E-state index in [1.165, 1.54) is 6.20 Å². The predicted octanol–water partition coefficient (Wildman–Crippen LogP) is 4.80. The van der Waals surface area contributed by atoms with Crippen LogP contribution in [-0.2, 0) is 14.3 Å². The number of ether oxygens (including phenoxy) is 2. The number of rotatable bonds is 5. The molecular weight excluding hydrogens is 415 g/mol. The normalized spacial score (nSPS) is 13.2. The van der Waals surface area contributed by atoms with E-state index in [9.17, 15) is 9.59 Å². The van der Waals surface area contributed by atoms with Crippen molar-refractivity contribution in [2.45, 2.75) is 58.8 Å². The molecule has 29 heavy (non-hydrogen) atoms. The Morgan fingerprint density at radius 3 is 2.31 bits per heavy atom. The summed E-state index contributed by atoms with van der Waals surface area (Å²) >= 11 is 12.3. The second-order valence-electron chi connectivity index (χ2n) is 8.64. The summed E-state index contributed by atoms with van der Waals surface area (Å²) in [7, 11) is 0. The van der Waals surface area contributed by atoms with Gasteiger partial charge in [-0.25, -0.2) is 9.78 Å². The van der Waals surface area contributed by atoms with Gasteiger partial charge in [-0.15, -0.1) is 0 Å². The van der Waals surface area contributed by atoms with Crippen LogP contribution in [0.1, 0.15) is 51.9 Å². The monoisotopic (exact) mass is 440 g/mol. The number of hydrogen-bond acceptors (Lipinski definition) is 5. The van der Waals surface area contributed by atoms with Crippen molar-refractivity contribution in [3.05, 3.63) is 40.1 Å². The average molecular weight is 441 g/mol. The maximum absolute atomic E-state index is 12.8. The SMILES string of the molecule is CC(C)(C)OC[C@H](NC(=O)c1ccc2c(Cl)cnc(Cl)c2c1)C(=O)OC(C)(C)C. The Kier molecular flexibility index (Phi) is 7.14. The van der Waals surface area contributed by atoms with E-state index in [-0.39, 0.29) is 11.8 Å². The second kappa shape index (κ2) is 8.86. The van der Waals surface area contributed by atoms with Gasteiger partial charge < -0.3 is 14.8 Å². The highest BCUT2D eigenvalue weighted by Crippen LogP contribution is 2.28. The lowest BCUT2D eigenvalue weighted by atomic mass is 10.1. The van der Waals surface area contributed by atoms with E-state index in [0.717, 1.165) is 0 Å². The zero-order valence-electron chi connectivity index (χ0n) is 17.4. The Morgan fingerprint density at radius 2 is 1.72 bits per heavy atom. The zero-order valence-corrected chi connectivity index (χ0v) is 18.9. The molecule has 0 aliphatic heterocycles. The molecule has 1 aromatic heterocycles. The van der Waals surface area contributed by atoms with E-state index >= 15 is 0 Å². The highest BCUT2D eigenvalue weighted by Gasteiger charge is 2.29. The molecule has 158 valence electrons. The van der Waals surface area contributed by atoms with Gasteiger partial charge in [0.25, 0.3) is 5.91 Å². The van der Waals surface area contributed by atoms with Crippen LogP contribution in [0.4, 0.5) is 0 Å². The van der Waals surface area contributed by atoms with Crippen molar-refractivity contribution >= 4 is 45.9 Å². The number of benzene rings is 1. The highest BCUT2D eigenvalue weighted by atomic mass is 35.5. The third-order valence-electron chi connectivity index (χ3n) is 3.73. The first-order valence-electron chi connectivity index (χ1n) is 9.18. The van der Waals surface area contributed by atoms with Crippen LogP contribution in [0.5, 0.6) is 0 Å². The van der Waals surface area contributed by atoms with Gasteiger partial charge >= 0.3 is 5.97 Å². The molecule has 8 heteroatoms. The van der Waals surface area contributed by atoms with Crippen molar-refractivity contribution in [2.24, 2.45) is 0 Å². The first kappa shape index (κ1) is 23.4. The number of nitrogens with zero attached hydrogens (tertiary/aromatic N) is 1. The van der Waals surface area contributed by atoms with Gasteiger partial charge in [-0.2, -0.15) is 0 Å². The van der Waals surface area contributed by atoms with Gasteiger partial charge in [0.05, 0.1) is 17.2 Å². The van der Waals surface area contributed by atoms with Gasteiger partial charge in [-0.05, 0) is 53.7 Å². The number of esters is 1. The summed E-state index contributed by atoms with van der Waals surface area (Å²) in [5.74, 6) is -1.03. The minimum Gasteiger partial charge on any atom is -0.458 e. The molecule has 6 nitrogen and oxygen atoms in total. The van der Waals surface area contributed by atoms with E-state index < -0.39 is 29.1 Å². The van der Waals surface area contributed by atoms with E-state index in [1.807, 2.05) is 20.8 Å². The maximum Gasteiger partial charge on any atom is 0.331 e. The molecule has 0 bridgehead atoms. The molecule has 0 saturated heterocycles. The Labute approximate surface area is 180 Å². The molecule has 0 aliphatic carbocycles. The number of amides is 1. The smallest absolute Gasteiger partial charge is 0.331 e. The fraction of sp³-hybridized carbons (Fsp3) is 0.476. The van der Waals surface area contributed by atoms with Crippen molar-refractivity contribution in [3.8, 4) is 0 Å². The molecule has 0 aliphatic rings. The Balaban J connectivity index is 2.27. The summed E-state index contributed by atoms with van der Waals surface area (Å²) in [6, 6.07) is 3.91. The van der Waals surface area contributed by atoms with Crippen molar-refractivity contribution in [3.63, 3.8) is 0 Å². The molecule has 0 radical (unpaired) electrons. The molecule has 0 unspecified atom stereocenters. The molecular formula is C21H26Cl2N2O4. The molecule has 1 atom stereocenters. The van der Waals surface area contributed by atoms with Crippen LogP contribution >= 0.6 is 23.2 Å². The predicted molar refractivity (Wildman–Crippen MR) is 115 cm³/mol. The maximum atomic E-state index is 12.8. The van der Waals surface area contributed by atoms with Crippen molar-refractivity contribution in [2.75, 3.05) is 6.61 Å². The number of halogens is 2. The van der Waals surface area contributed by atoms with Crippen LogP contribution in [0.2, 0.25) is 10.2 Å². The highest BCUT2D eigenvalue weighted by molar-refractivity contribution is 6.39. The number of carbonyl (C=O) groups is 2. The van der Waals surface area contributed by atoms with Crippen molar-refractivity contribution in [1.82, 2.24) is 10.3 Å². The number of aromatic nitrogens is 1. The molecule has 1 aromatic carbocycles. The number of fused-ring (bicyclic) bond motifs is 1. The lowest BCUT2D eigenvalue weighted by molar-refractivity contribution is -0.160. The molecule has 0 fully saturated rings. The summed E-state index contributed by atoms with van der Waals surface area (Å²) in [6.45, 7) is 10.9. The number of hydrogen-bond donors (Lipinski definition) is 1. The first-order chi connectivity index (χ1) is 13.3. The fourth-order valence-corrected chi connectivity index (χ4v) is 2.85. The summed E-state index contributed by atoms with van der Waals surface area (Å²) in [6.07, 6.45) is 1.45. The standard InChI is InChI=1S/C21H26Cl2N2O4/c1-20(2,3)28-11-16(19(27)29-21(4,5)6)25-18(26)12-7-8-13-14(9-12)17(23)24-10-15(13)22/h7-10,16H,11H2,1-6H3,(H,25,26)/t16-/m0/s1. The van der Waals surface area contributed by atoms with Crippen LogP contribution in [-0.4, -0.2) is 40.7 Å². The minimum absolute atomic E-state index is 0.0219. The average Bonchev–Trinajstić information content (AvgIpc) is 2.59. The molecule has 2 rings (SSSR count). The minimum atomic E-state index is -0.968. The summed E-state index contributed by atoms with van der Waals surface area (Å²) in [4.78, 5) is 29.4. The van der Waals surface area contributed by atoms with Crippen LogP contribution in [0.25, 0.3) is 10.8 Å². The summed E-state index contributed by atoms with van der Waals surface area (Å²) in [5, 5.41) is 4.59. The van der Waals surface area contributed by atoms with Gasteiger partial charge in [0.1, 0.15) is 10.8 Å². The van der Waals surface area contributed by atoms with Crippen molar-refractivity contribution in [1.29, 1.82) is 0 Å². The first-order valence-corrected chi connectivity index (χ1v) is 9.94. The van der Waals surface area contributed by atoms with E-state index in [1.54, 1.807) is 39.0 Å². The van der Waals surface area contributed by atoms with Gasteiger partial charge in [0, 0.05) is 22.5 Å². The van der Waals surface area contributed by atoms with Crippen LogP contribution in [0.3, 0.4) is 0 Å². The third kappa shape index (κ3) is 6.84. The topological polar surface area (TPSA) is 77.5 Å². The lowest BCUT2D eigenvalue weighted by Crippen LogP contribution is -2.48. The quantitative estimate of drug-likeness (QED) is 0.533. The molecule has 0 spiro atoms. The van der Waals surface area contributed by atoms with Crippen molar-refractivity contribution < 1.29 is 19.1 Å². The van der Waals surface area contributed by atoms with Gasteiger partial charge in [0.15, 0.2) is 6.04 Å².